The number of hydrogen-bond donors (Lipinski definition) is 0. The van der Waals surface area contributed by atoms with Gasteiger partial charge in [0.1, 0.15) is 0 Å². The Balaban J connectivity index is 3.88. The molecular formula is C11H18S. The van der Waals surface area contributed by atoms with Crippen molar-refractivity contribution < 1.29 is 0 Å². The molecule has 0 saturated carbocycles. The SMILES string of the molecule is C=CC/C=C(/C=C\SCC)CC. The maximum Gasteiger partial charge on any atom is -0.00544 e. The molecular weight excluding hydrogens is 164 g/mol. The van der Waals surface area contributed by atoms with Crippen molar-refractivity contribution >= 4 is 11.8 Å². The van der Waals surface area contributed by atoms with Crippen molar-refractivity contribution in [2.24, 2.45) is 0 Å². The Morgan fingerprint density at radius 3 is 2.67 bits per heavy atom. The second-order valence-electron chi connectivity index (χ2n) is 2.42. The number of hydrogen-bond acceptors (Lipinski definition) is 1. The van der Waals surface area contributed by atoms with Gasteiger partial charge in [-0.1, -0.05) is 37.6 Å². The average Bonchev–Trinajstić information content (AvgIpc) is 2.11. The molecule has 0 bridgehead atoms. The van der Waals surface area contributed by atoms with E-state index in [-0.39, 0.29) is 0 Å². The first-order chi connectivity index (χ1) is 5.85. The van der Waals surface area contributed by atoms with Gasteiger partial charge in [0.25, 0.3) is 0 Å². The van der Waals surface area contributed by atoms with Crippen molar-refractivity contribution in [3.8, 4) is 0 Å². The van der Waals surface area contributed by atoms with E-state index in [4.69, 9.17) is 0 Å². The van der Waals surface area contributed by atoms with Crippen LogP contribution in [0.25, 0.3) is 0 Å². The minimum Gasteiger partial charge on any atom is -0.134 e. The molecule has 0 spiro atoms. The lowest BCUT2D eigenvalue weighted by Gasteiger charge is -1.94. The van der Waals surface area contributed by atoms with Gasteiger partial charge < -0.3 is 0 Å². The predicted molar refractivity (Wildman–Crippen MR) is 60.5 cm³/mol. The van der Waals surface area contributed by atoms with Gasteiger partial charge in [0.2, 0.25) is 0 Å². The van der Waals surface area contributed by atoms with Crippen molar-refractivity contribution in [3.63, 3.8) is 0 Å². The second kappa shape index (κ2) is 8.66. The largest absolute Gasteiger partial charge is 0.134 e. The van der Waals surface area contributed by atoms with Gasteiger partial charge in [-0.2, -0.15) is 0 Å². The highest BCUT2D eigenvalue weighted by Gasteiger charge is 1.85. The van der Waals surface area contributed by atoms with E-state index < -0.39 is 0 Å². The first-order valence-corrected chi connectivity index (χ1v) is 5.48. The lowest BCUT2D eigenvalue weighted by molar-refractivity contribution is 1.13. The number of rotatable bonds is 6. The molecule has 0 aromatic heterocycles. The summed E-state index contributed by atoms with van der Waals surface area (Å²) >= 11 is 1.84. The molecule has 0 rings (SSSR count). The highest BCUT2D eigenvalue weighted by Crippen LogP contribution is 2.08. The Morgan fingerprint density at radius 2 is 2.17 bits per heavy atom. The average molecular weight is 182 g/mol. The zero-order valence-electron chi connectivity index (χ0n) is 8.05. The van der Waals surface area contributed by atoms with E-state index in [9.17, 15) is 0 Å². The maximum absolute atomic E-state index is 3.69. The van der Waals surface area contributed by atoms with Crippen LogP contribution in [0, 0.1) is 0 Å². The molecule has 68 valence electrons. The van der Waals surface area contributed by atoms with Crippen LogP contribution in [0.15, 0.2) is 35.8 Å². The summed E-state index contributed by atoms with van der Waals surface area (Å²) in [7, 11) is 0. The fourth-order valence-electron chi connectivity index (χ4n) is 0.797. The van der Waals surface area contributed by atoms with E-state index in [2.05, 4.69) is 38.0 Å². The number of allylic oxidation sites excluding steroid dienone is 4. The van der Waals surface area contributed by atoms with Gasteiger partial charge in [-0.25, -0.2) is 0 Å². The van der Waals surface area contributed by atoms with Gasteiger partial charge in [-0.3, -0.25) is 0 Å². The maximum atomic E-state index is 3.69. The predicted octanol–water partition coefficient (Wildman–Crippen LogP) is 4.17. The summed E-state index contributed by atoms with van der Waals surface area (Å²) in [5.74, 6) is 1.15. The fourth-order valence-corrected chi connectivity index (χ4v) is 1.26. The molecule has 0 aliphatic carbocycles. The minimum absolute atomic E-state index is 0.976. The molecule has 0 unspecified atom stereocenters. The van der Waals surface area contributed by atoms with Crippen LogP contribution in [0.3, 0.4) is 0 Å². The summed E-state index contributed by atoms with van der Waals surface area (Å²) in [5, 5.41) is 2.17. The smallest absolute Gasteiger partial charge is 0.00544 e. The molecule has 0 aliphatic heterocycles. The quantitative estimate of drug-likeness (QED) is 0.439. The first kappa shape index (κ1) is 11.6. The zero-order chi connectivity index (χ0) is 9.23. The van der Waals surface area contributed by atoms with Crippen LogP contribution in [-0.2, 0) is 0 Å². The Labute approximate surface area is 80.4 Å². The van der Waals surface area contributed by atoms with Crippen molar-refractivity contribution in [2.75, 3.05) is 5.75 Å². The van der Waals surface area contributed by atoms with Crippen molar-refractivity contribution in [2.45, 2.75) is 26.7 Å². The van der Waals surface area contributed by atoms with E-state index in [1.807, 2.05) is 17.8 Å². The molecule has 12 heavy (non-hydrogen) atoms. The molecule has 0 atom stereocenters. The second-order valence-corrected chi connectivity index (χ2v) is 3.60. The molecule has 0 aromatic rings. The molecule has 0 heterocycles. The third-order valence-corrected chi connectivity index (χ3v) is 2.16. The highest BCUT2D eigenvalue weighted by atomic mass is 32.2. The third kappa shape index (κ3) is 6.29. The summed E-state index contributed by atoms with van der Waals surface area (Å²) in [4.78, 5) is 0. The van der Waals surface area contributed by atoms with Gasteiger partial charge in [0.15, 0.2) is 0 Å². The third-order valence-electron chi connectivity index (χ3n) is 1.50. The first-order valence-electron chi connectivity index (χ1n) is 4.43. The van der Waals surface area contributed by atoms with E-state index in [0.717, 1.165) is 18.6 Å². The lowest BCUT2D eigenvalue weighted by atomic mass is 10.2. The summed E-state index contributed by atoms with van der Waals surface area (Å²) < 4.78 is 0. The standard InChI is InChI=1S/C11H18S/c1-4-7-8-11(5-2)9-10-12-6-3/h4,8-10H,1,5-7H2,2-3H3/b10-9-,11-8+. The topological polar surface area (TPSA) is 0 Å². The molecule has 1 heteroatoms. The zero-order valence-corrected chi connectivity index (χ0v) is 8.86. The Hall–Kier alpha value is -0.430. The lowest BCUT2D eigenvalue weighted by Crippen LogP contribution is -1.73. The van der Waals surface area contributed by atoms with Gasteiger partial charge in [-0.15, -0.1) is 18.3 Å². The van der Waals surface area contributed by atoms with Crippen LogP contribution in [0.5, 0.6) is 0 Å². The Bertz CT molecular complexity index is 166. The van der Waals surface area contributed by atoms with Crippen LogP contribution in [0.1, 0.15) is 26.7 Å². The van der Waals surface area contributed by atoms with Gasteiger partial charge in [0, 0.05) is 0 Å². The Morgan fingerprint density at radius 1 is 1.42 bits per heavy atom. The molecule has 0 saturated heterocycles. The monoisotopic (exact) mass is 182 g/mol. The van der Waals surface area contributed by atoms with Crippen molar-refractivity contribution in [3.05, 3.63) is 35.8 Å². The molecule has 0 radical (unpaired) electrons. The van der Waals surface area contributed by atoms with Crippen LogP contribution in [0.2, 0.25) is 0 Å². The minimum atomic E-state index is 0.976. The molecule has 0 aromatic carbocycles. The normalized spacial score (nSPS) is 12.3. The summed E-state index contributed by atoms with van der Waals surface area (Å²) in [6.45, 7) is 8.03. The fraction of sp³-hybridized carbons (Fsp3) is 0.455. The van der Waals surface area contributed by atoms with Crippen LogP contribution in [-0.4, -0.2) is 5.75 Å². The van der Waals surface area contributed by atoms with E-state index >= 15 is 0 Å². The molecule has 0 aliphatic rings. The molecule has 0 nitrogen and oxygen atoms in total. The van der Waals surface area contributed by atoms with E-state index in [1.165, 1.54) is 5.57 Å². The summed E-state index contributed by atoms with van der Waals surface area (Å²) in [6.07, 6.45) is 8.42. The van der Waals surface area contributed by atoms with Crippen LogP contribution in [0.4, 0.5) is 0 Å². The van der Waals surface area contributed by atoms with Crippen molar-refractivity contribution in [1.29, 1.82) is 0 Å². The summed E-state index contributed by atoms with van der Waals surface area (Å²) in [5.41, 5.74) is 1.40. The van der Waals surface area contributed by atoms with Crippen LogP contribution < -0.4 is 0 Å². The molecule has 0 N–H and O–H groups in total. The van der Waals surface area contributed by atoms with E-state index in [1.54, 1.807) is 0 Å². The van der Waals surface area contributed by atoms with Gasteiger partial charge in [-0.05, 0) is 24.0 Å². The summed E-state index contributed by atoms with van der Waals surface area (Å²) in [6, 6.07) is 0. The highest BCUT2D eigenvalue weighted by molar-refractivity contribution is 8.02. The van der Waals surface area contributed by atoms with Crippen molar-refractivity contribution in [1.82, 2.24) is 0 Å². The van der Waals surface area contributed by atoms with Crippen LogP contribution >= 0.6 is 11.8 Å². The molecule has 0 amide bonds. The van der Waals surface area contributed by atoms with Gasteiger partial charge in [0.05, 0.1) is 0 Å². The molecule has 0 fully saturated rings. The Kier molecular flexibility index (Phi) is 8.35. The van der Waals surface area contributed by atoms with Gasteiger partial charge >= 0.3 is 0 Å². The number of thioether (sulfide) groups is 1. The van der Waals surface area contributed by atoms with E-state index in [0.29, 0.717) is 0 Å².